The average molecular weight is 239 g/mol. The van der Waals surface area contributed by atoms with Gasteiger partial charge < -0.3 is 15.8 Å². The molecule has 7 nitrogen and oxygen atoms in total. The zero-order chi connectivity index (χ0) is 13.0. The molecule has 0 aliphatic carbocycles. The molecule has 0 unspecified atom stereocenters. The zero-order valence-corrected chi connectivity index (χ0v) is 9.47. The van der Waals surface area contributed by atoms with Crippen molar-refractivity contribution in [2.45, 2.75) is 13.0 Å². The van der Waals surface area contributed by atoms with Gasteiger partial charge in [-0.05, 0) is 19.1 Å². The summed E-state index contributed by atoms with van der Waals surface area (Å²) in [5, 5.41) is 13.2. The fraction of sp³-hybridized carbons (Fsp3) is 0.300. The lowest BCUT2D eigenvalue weighted by atomic mass is 10.2. The molecule has 3 N–H and O–H groups in total. The van der Waals surface area contributed by atoms with Gasteiger partial charge in [-0.25, -0.2) is 0 Å². The predicted molar refractivity (Wildman–Crippen MR) is 61.9 cm³/mol. The van der Waals surface area contributed by atoms with Gasteiger partial charge in [0.25, 0.3) is 5.69 Å². The number of hydrogen-bond donors (Lipinski definition) is 2. The van der Waals surface area contributed by atoms with Crippen LogP contribution >= 0.6 is 0 Å². The second-order valence-electron chi connectivity index (χ2n) is 3.42. The van der Waals surface area contributed by atoms with Crippen molar-refractivity contribution in [2.75, 3.05) is 12.4 Å². The Kier molecular flexibility index (Phi) is 4.00. The molecule has 1 rings (SSSR count). The molecular formula is C10H13N3O4. The van der Waals surface area contributed by atoms with Crippen LogP contribution in [0.4, 0.5) is 11.4 Å². The van der Waals surface area contributed by atoms with Crippen LogP contribution < -0.4 is 15.8 Å². The molecule has 1 atom stereocenters. The van der Waals surface area contributed by atoms with Gasteiger partial charge in [-0.15, -0.1) is 0 Å². The highest BCUT2D eigenvalue weighted by Crippen LogP contribution is 2.28. The van der Waals surface area contributed by atoms with Crippen LogP contribution in [0.1, 0.15) is 6.92 Å². The molecule has 0 heterocycles. The van der Waals surface area contributed by atoms with Gasteiger partial charge in [0.1, 0.15) is 11.4 Å². The molecule has 1 amide bonds. The van der Waals surface area contributed by atoms with E-state index in [1.54, 1.807) is 0 Å². The molecule has 0 bridgehead atoms. The van der Waals surface area contributed by atoms with Crippen molar-refractivity contribution in [3.63, 3.8) is 0 Å². The summed E-state index contributed by atoms with van der Waals surface area (Å²) in [7, 11) is 1.40. The number of nitro benzene ring substituents is 1. The van der Waals surface area contributed by atoms with E-state index in [4.69, 9.17) is 10.5 Å². The topological polar surface area (TPSA) is 107 Å². The molecule has 0 saturated heterocycles. The Morgan fingerprint density at radius 3 is 2.71 bits per heavy atom. The van der Waals surface area contributed by atoms with Crippen molar-refractivity contribution >= 4 is 17.3 Å². The largest absolute Gasteiger partial charge is 0.496 e. The Morgan fingerprint density at radius 1 is 1.59 bits per heavy atom. The van der Waals surface area contributed by atoms with Crippen molar-refractivity contribution in [1.29, 1.82) is 0 Å². The SMILES string of the molecule is COc1ccc(NC(=O)[C@@H](C)N)c([N+](=O)[O-])c1. The molecular weight excluding hydrogens is 226 g/mol. The van der Waals surface area contributed by atoms with E-state index in [0.29, 0.717) is 5.75 Å². The number of carbonyl (C=O) groups excluding carboxylic acids is 1. The Morgan fingerprint density at radius 2 is 2.24 bits per heavy atom. The van der Waals surface area contributed by atoms with Gasteiger partial charge in [0, 0.05) is 0 Å². The lowest BCUT2D eigenvalue weighted by molar-refractivity contribution is -0.384. The summed E-state index contributed by atoms with van der Waals surface area (Å²) in [6.45, 7) is 1.49. The monoisotopic (exact) mass is 239 g/mol. The third kappa shape index (κ3) is 3.15. The fourth-order valence-corrected chi connectivity index (χ4v) is 1.14. The number of nitro groups is 1. The first-order chi connectivity index (χ1) is 7.95. The molecule has 92 valence electrons. The van der Waals surface area contributed by atoms with E-state index in [-0.39, 0.29) is 11.4 Å². The number of nitrogens with zero attached hydrogens (tertiary/aromatic N) is 1. The molecule has 7 heteroatoms. The maximum atomic E-state index is 11.4. The van der Waals surface area contributed by atoms with Crippen LogP contribution in [0.5, 0.6) is 5.75 Å². The van der Waals surface area contributed by atoms with Gasteiger partial charge in [0.15, 0.2) is 0 Å². The maximum absolute atomic E-state index is 11.4. The summed E-state index contributed by atoms with van der Waals surface area (Å²) in [5.74, 6) is -0.145. The normalized spacial score (nSPS) is 11.7. The first kappa shape index (κ1) is 12.9. The summed E-state index contributed by atoms with van der Waals surface area (Å²) in [6, 6.07) is 3.41. The third-order valence-corrected chi connectivity index (χ3v) is 2.07. The molecule has 0 saturated carbocycles. The average Bonchev–Trinajstić information content (AvgIpc) is 2.29. The molecule has 17 heavy (non-hydrogen) atoms. The Balaban J connectivity index is 3.06. The number of ether oxygens (including phenoxy) is 1. The van der Waals surface area contributed by atoms with Gasteiger partial charge in [-0.1, -0.05) is 0 Å². The molecule has 0 fully saturated rings. The first-order valence-corrected chi connectivity index (χ1v) is 4.84. The summed E-state index contributed by atoms with van der Waals surface area (Å²) in [4.78, 5) is 21.6. The maximum Gasteiger partial charge on any atom is 0.296 e. The van der Waals surface area contributed by atoms with Crippen LogP contribution in [-0.4, -0.2) is 24.0 Å². The van der Waals surface area contributed by atoms with Crippen LogP contribution in [0.15, 0.2) is 18.2 Å². The van der Waals surface area contributed by atoms with E-state index in [9.17, 15) is 14.9 Å². The quantitative estimate of drug-likeness (QED) is 0.599. The molecule has 0 aliphatic heterocycles. The Bertz CT molecular complexity index is 445. The number of amides is 1. The molecule has 0 aliphatic rings. The summed E-state index contributed by atoms with van der Waals surface area (Å²) >= 11 is 0. The summed E-state index contributed by atoms with van der Waals surface area (Å²) in [6.07, 6.45) is 0. The number of nitrogens with one attached hydrogen (secondary N) is 1. The highest BCUT2D eigenvalue weighted by Gasteiger charge is 2.18. The van der Waals surface area contributed by atoms with Crippen LogP contribution in [-0.2, 0) is 4.79 Å². The van der Waals surface area contributed by atoms with E-state index in [1.165, 1.54) is 32.2 Å². The van der Waals surface area contributed by atoms with E-state index in [1.807, 2.05) is 0 Å². The number of nitrogens with two attached hydrogens (primary N) is 1. The van der Waals surface area contributed by atoms with E-state index < -0.39 is 16.9 Å². The lowest BCUT2D eigenvalue weighted by Crippen LogP contribution is -2.32. The standard InChI is InChI=1S/C10H13N3O4/c1-6(11)10(14)12-8-4-3-7(17-2)5-9(8)13(15)16/h3-6H,11H2,1-2H3,(H,12,14)/t6-/m1/s1. The minimum atomic E-state index is -0.739. The second-order valence-corrected chi connectivity index (χ2v) is 3.42. The molecule has 1 aromatic rings. The van der Waals surface area contributed by atoms with Crippen molar-refractivity contribution in [1.82, 2.24) is 0 Å². The number of carbonyl (C=O) groups is 1. The smallest absolute Gasteiger partial charge is 0.296 e. The van der Waals surface area contributed by atoms with E-state index in [2.05, 4.69) is 5.32 Å². The van der Waals surface area contributed by atoms with Gasteiger partial charge in [-0.2, -0.15) is 0 Å². The number of benzene rings is 1. The van der Waals surface area contributed by atoms with Crippen LogP contribution in [0.3, 0.4) is 0 Å². The molecule has 1 aromatic carbocycles. The van der Waals surface area contributed by atoms with Gasteiger partial charge in [0.2, 0.25) is 5.91 Å². The van der Waals surface area contributed by atoms with Gasteiger partial charge in [-0.3, -0.25) is 14.9 Å². The molecule has 0 spiro atoms. The highest BCUT2D eigenvalue weighted by atomic mass is 16.6. The van der Waals surface area contributed by atoms with E-state index in [0.717, 1.165) is 0 Å². The second kappa shape index (κ2) is 5.26. The van der Waals surface area contributed by atoms with Crippen LogP contribution in [0, 0.1) is 10.1 Å². The van der Waals surface area contributed by atoms with Crippen LogP contribution in [0.2, 0.25) is 0 Å². The third-order valence-electron chi connectivity index (χ3n) is 2.07. The molecule has 0 aromatic heterocycles. The Hall–Kier alpha value is -2.15. The van der Waals surface area contributed by atoms with Gasteiger partial charge >= 0.3 is 0 Å². The number of hydrogen-bond acceptors (Lipinski definition) is 5. The fourth-order valence-electron chi connectivity index (χ4n) is 1.14. The number of rotatable bonds is 4. The predicted octanol–water partition coefficient (Wildman–Crippen LogP) is 0.889. The first-order valence-electron chi connectivity index (χ1n) is 4.84. The molecule has 0 radical (unpaired) electrons. The van der Waals surface area contributed by atoms with Crippen molar-refractivity contribution in [3.8, 4) is 5.75 Å². The van der Waals surface area contributed by atoms with Gasteiger partial charge in [0.05, 0.1) is 24.1 Å². The minimum Gasteiger partial charge on any atom is -0.496 e. The zero-order valence-electron chi connectivity index (χ0n) is 9.47. The summed E-state index contributed by atoms with van der Waals surface area (Å²) in [5.41, 5.74) is 5.22. The van der Waals surface area contributed by atoms with E-state index >= 15 is 0 Å². The van der Waals surface area contributed by atoms with Crippen molar-refractivity contribution in [2.24, 2.45) is 5.73 Å². The van der Waals surface area contributed by atoms with Crippen molar-refractivity contribution in [3.05, 3.63) is 28.3 Å². The number of methoxy groups -OCH3 is 1. The van der Waals surface area contributed by atoms with Crippen LogP contribution in [0.25, 0.3) is 0 Å². The lowest BCUT2D eigenvalue weighted by Gasteiger charge is -2.09. The number of anilines is 1. The highest BCUT2D eigenvalue weighted by molar-refractivity contribution is 5.96. The minimum absolute atomic E-state index is 0.0955. The Labute approximate surface area is 97.7 Å². The van der Waals surface area contributed by atoms with Crippen molar-refractivity contribution < 1.29 is 14.5 Å². The summed E-state index contributed by atoms with van der Waals surface area (Å²) < 4.78 is 4.87.